The Balaban J connectivity index is 0. The van der Waals surface area contributed by atoms with E-state index in [-0.39, 0.29) is 21.7 Å². The Morgan fingerprint density at radius 1 is 0.632 bits per heavy atom. The fourth-order valence-corrected chi connectivity index (χ4v) is 0.892. The molecule has 0 atom stereocenters. The molecule has 0 unspecified atom stereocenters. The zero-order valence-electron chi connectivity index (χ0n) is 12.3. The first-order valence-corrected chi connectivity index (χ1v) is 6.08. The molecule has 0 nitrogen and oxygen atoms in total. The van der Waals surface area contributed by atoms with Crippen molar-refractivity contribution in [1.29, 1.82) is 0 Å². The van der Waals surface area contributed by atoms with Crippen molar-refractivity contribution in [2.24, 2.45) is 0 Å². The van der Waals surface area contributed by atoms with Gasteiger partial charge in [0, 0.05) is 0 Å². The molecule has 0 aliphatic heterocycles. The zero-order valence-corrected chi connectivity index (χ0v) is 13.8. The summed E-state index contributed by atoms with van der Waals surface area (Å²) in [6, 6.07) is 20.0. The molecule has 0 saturated heterocycles. The second kappa shape index (κ2) is 14.8. The molecule has 0 aliphatic carbocycles. The van der Waals surface area contributed by atoms with E-state index in [1.165, 1.54) is 11.8 Å². The Labute approximate surface area is 133 Å². The van der Waals surface area contributed by atoms with Crippen LogP contribution >= 0.6 is 0 Å². The van der Waals surface area contributed by atoms with Gasteiger partial charge in [0.05, 0.1) is 0 Å². The molecule has 98 valence electrons. The van der Waals surface area contributed by atoms with E-state index in [1.807, 2.05) is 88.4 Å². The predicted molar refractivity (Wildman–Crippen MR) is 81.0 cm³/mol. The first-order valence-electron chi connectivity index (χ1n) is 6.08. The van der Waals surface area contributed by atoms with E-state index in [1.54, 1.807) is 0 Å². The molecule has 0 N–H and O–H groups in total. The second-order valence-electron chi connectivity index (χ2n) is 4.17. The van der Waals surface area contributed by atoms with E-state index in [4.69, 9.17) is 0 Å². The summed E-state index contributed by atoms with van der Waals surface area (Å²) in [6.07, 6.45) is 0. The maximum absolute atomic E-state index is 2.97. The molecule has 0 spiro atoms. The Morgan fingerprint density at radius 2 is 0.895 bits per heavy atom. The fraction of sp³-hybridized carbons (Fsp3) is 0.222. The van der Waals surface area contributed by atoms with Crippen molar-refractivity contribution < 1.29 is 21.7 Å². The molecule has 2 aromatic rings. The van der Waals surface area contributed by atoms with Gasteiger partial charge < -0.3 is 11.8 Å². The molecule has 19 heavy (non-hydrogen) atoms. The summed E-state index contributed by atoms with van der Waals surface area (Å²) >= 11 is 0. The van der Waals surface area contributed by atoms with Crippen LogP contribution in [0, 0.1) is 23.7 Å². The number of rotatable bonds is 0. The largest absolute Gasteiger partial charge is 4.00 e. The first kappa shape index (κ1) is 20.0. The number of hydrogen-bond donors (Lipinski definition) is 0. The fourth-order valence-electron chi connectivity index (χ4n) is 0.892. The summed E-state index contributed by atoms with van der Waals surface area (Å²) in [7, 11) is 0. The van der Waals surface area contributed by atoms with Crippen molar-refractivity contribution >= 4 is 0 Å². The minimum Gasteiger partial charge on any atom is -0.518 e. The van der Waals surface area contributed by atoms with E-state index in [0.717, 1.165) is 0 Å². The molecule has 2 rings (SSSR count). The minimum absolute atomic E-state index is 0. The summed E-state index contributed by atoms with van der Waals surface area (Å²) in [5, 5.41) is 0. The van der Waals surface area contributed by atoms with E-state index in [0.29, 0.717) is 0 Å². The average molecular weight is 286 g/mol. The molecule has 2 aromatic carbocycles. The van der Waals surface area contributed by atoms with E-state index >= 15 is 0 Å². The smallest absolute Gasteiger partial charge is 0.518 e. The third-order valence-corrected chi connectivity index (χ3v) is 1.67. The molecular formula is C18H22Ti. The second-order valence-corrected chi connectivity index (χ2v) is 4.17. The summed E-state index contributed by atoms with van der Waals surface area (Å²) in [5.41, 5.74) is 0. The van der Waals surface area contributed by atoms with Gasteiger partial charge in [-0.05, 0) is 0 Å². The molecule has 0 saturated carbocycles. The van der Waals surface area contributed by atoms with Crippen LogP contribution in [0.3, 0.4) is 0 Å². The molecular weight excluding hydrogens is 264 g/mol. The maximum atomic E-state index is 2.97. The van der Waals surface area contributed by atoms with Gasteiger partial charge in [-0.15, -0.1) is 27.7 Å². The molecule has 1 heteroatoms. The molecule has 0 heterocycles. The van der Waals surface area contributed by atoms with Gasteiger partial charge in [-0.3, -0.25) is 11.8 Å². The zero-order chi connectivity index (χ0) is 13.6. The Hall–Kier alpha value is -1.29. The van der Waals surface area contributed by atoms with Gasteiger partial charge in [0.15, 0.2) is 0 Å². The van der Waals surface area contributed by atoms with Crippen LogP contribution in [-0.2, 0) is 21.7 Å². The molecule has 0 radical (unpaired) electrons. The van der Waals surface area contributed by atoms with Gasteiger partial charge in [-0.25, -0.2) is 24.3 Å². The van der Waals surface area contributed by atoms with Crippen LogP contribution in [0.4, 0.5) is 0 Å². The van der Waals surface area contributed by atoms with Crippen LogP contribution in [-0.4, -0.2) is 0 Å². The van der Waals surface area contributed by atoms with Crippen molar-refractivity contribution in [2.75, 3.05) is 0 Å². The molecule has 0 aliphatic rings. The normalized spacial score (nSPS) is 7.16. The third-order valence-electron chi connectivity index (χ3n) is 1.67. The Bertz CT molecular complexity index is 310. The quantitative estimate of drug-likeness (QED) is 0.362. The minimum atomic E-state index is 0. The van der Waals surface area contributed by atoms with Crippen LogP contribution in [0.5, 0.6) is 0 Å². The summed E-state index contributed by atoms with van der Waals surface area (Å²) < 4.78 is 0. The van der Waals surface area contributed by atoms with Gasteiger partial charge in [-0.1, -0.05) is 0 Å². The summed E-state index contributed by atoms with van der Waals surface area (Å²) in [4.78, 5) is 0. The van der Waals surface area contributed by atoms with Crippen molar-refractivity contribution in [3.63, 3.8) is 0 Å². The topological polar surface area (TPSA) is 0 Å². The van der Waals surface area contributed by atoms with Gasteiger partial charge in [0.2, 0.25) is 0 Å². The molecule has 0 fully saturated rings. The van der Waals surface area contributed by atoms with Gasteiger partial charge in [0.1, 0.15) is 0 Å². The monoisotopic (exact) mass is 286 g/mol. The summed E-state index contributed by atoms with van der Waals surface area (Å²) in [5.74, 6) is 8.29. The molecule has 0 amide bonds. The van der Waals surface area contributed by atoms with Crippen LogP contribution in [0.1, 0.15) is 27.7 Å². The number of hydrogen-bond acceptors (Lipinski definition) is 0. The van der Waals surface area contributed by atoms with Gasteiger partial charge >= 0.3 is 21.7 Å². The molecule has 0 bridgehead atoms. The summed E-state index contributed by atoms with van der Waals surface area (Å²) in [6.45, 7) is 8.04. The van der Waals surface area contributed by atoms with Crippen LogP contribution in [0.15, 0.2) is 60.7 Å². The maximum Gasteiger partial charge on any atom is 4.00 e. The third kappa shape index (κ3) is 19.2. The van der Waals surface area contributed by atoms with Crippen LogP contribution < -0.4 is 0 Å². The predicted octanol–water partition coefficient (Wildman–Crippen LogP) is 5.03. The Morgan fingerprint density at radius 3 is 1.00 bits per heavy atom. The van der Waals surface area contributed by atoms with Crippen molar-refractivity contribution in [1.82, 2.24) is 0 Å². The standard InChI is InChI=1S/C8H12.2C5H5.Ti/c1-7(2)5-6-8(3)4;2*1-2-4-5-3-1;/h1-4H3;2*1-5H;/q-2;2*-1;+4. The molecule has 0 aromatic heterocycles. The first-order chi connectivity index (χ1) is 8.63. The SMILES string of the molecule is C[C-](C)C#C[C-](C)C.[Ti+4].c1cc[cH-]c1.c1cc[cH-]c1. The van der Waals surface area contributed by atoms with E-state index in [2.05, 4.69) is 11.8 Å². The van der Waals surface area contributed by atoms with Gasteiger partial charge in [-0.2, -0.15) is 36.4 Å². The van der Waals surface area contributed by atoms with Crippen LogP contribution in [0.2, 0.25) is 0 Å². The van der Waals surface area contributed by atoms with Crippen LogP contribution in [0.25, 0.3) is 0 Å². The Kier molecular flexibility index (Phi) is 15.6. The van der Waals surface area contributed by atoms with E-state index in [9.17, 15) is 0 Å². The van der Waals surface area contributed by atoms with Crippen molar-refractivity contribution in [3.05, 3.63) is 72.5 Å². The van der Waals surface area contributed by atoms with E-state index < -0.39 is 0 Å². The average Bonchev–Trinajstić information content (AvgIpc) is 3.03. The van der Waals surface area contributed by atoms with Crippen molar-refractivity contribution in [3.8, 4) is 11.8 Å². The van der Waals surface area contributed by atoms with Crippen molar-refractivity contribution in [2.45, 2.75) is 27.7 Å². The van der Waals surface area contributed by atoms with Gasteiger partial charge in [0.25, 0.3) is 0 Å².